The van der Waals surface area contributed by atoms with Crippen LogP contribution in [0.4, 0.5) is 0 Å². The fraction of sp³-hybridized carbons (Fsp3) is 0.250. The molecule has 0 bridgehead atoms. The van der Waals surface area contributed by atoms with Crippen molar-refractivity contribution < 1.29 is 28.5 Å². The van der Waals surface area contributed by atoms with Crippen LogP contribution < -0.4 is 14.2 Å². The van der Waals surface area contributed by atoms with Crippen molar-refractivity contribution in [2.45, 2.75) is 12.8 Å². The number of carbonyl (C=O) groups is 2. The highest BCUT2D eigenvalue weighted by Crippen LogP contribution is 2.27. The molecule has 6 heteroatoms. The number of fused-ring (bicyclic) bond motifs is 1. The summed E-state index contributed by atoms with van der Waals surface area (Å²) in [5.41, 5.74) is 1.11. The third-order valence-corrected chi connectivity index (χ3v) is 4.98. The average molecular weight is 408 g/mol. The van der Waals surface area contributed by atoms with E-state index in [4.69, 9.17) is 18.9 Å². The topological polar surface area (TPSA) is 71.1 Å². The molecule has 3 aromatic carbocycles. The van der Waals surface area contributed by atoms with Gasteiger partial charge in [0.2, 0.25) is 5.78 Å². The van der Waals surface area contributed by atoms with Crippen LogP contribution in [0.2, 0.25) is 0 Å². The van der Waals surface area contributed by atoms with Crippen molar-refractivity contribution in [1.82, 2.24) is 0 Å². The summed E-state index contributed by atoms with van der Waals surface area (Å²) in [6.45, 7) is 1.38. The Hall–Kier alpha value is -3.54. The van der Waals surface area contributed by atoms with E-state index in [2.05, 4.69) is 0 Å². The lowest BCUT2D eigenvalue weighted by molar-refractivity contribution is -0.143. The van der Waals surface area contributed by atoms with Crippen LogP contribution in [0.5, 0.6) is 17.2 Å². The number of rotatable bonds is 8. The van der Waals surface area contributed by atoms with E-state index < -0.39 is 11.9 Å². The van der Waals surface area contributed by atoms with Gasteiger partial charge in [-0.1, -0.05) is 24.3 Å². The van der Waals surface area contributed by atoms with Crippen molar-refractivity contribution in [3.05, 3.63) is 65.7 Å². The molecule has 0 saturated heterocycles. The van der Waals surface area contributed by atoms with Crippen LogP contribution in [-0.4, -0.2) is 39.7 Å². The standard InChI is InChI=1S/C24H24O6/c1-15(16-5-6-18-12-19(27-2)8-7-17(18)11-16)24(26)30-14-22(25)21-13-20(28-3)9-10-23(21)29-4/h5-13,15H,14H2,1-4H3/t15-/m0/s1. The zero-order valence-electron chi connectivity index (χ0n) is 17.4. The number of hydrogen-bond donors (Lipinski definition) is 0. The molecule has 0 unspecified atom stereocenters. The SMILES string of the molecule is COc1ccc(OC)c(C(=O)COC(=O)[C@@H](C)c2ccc3cc(OC)ccc3c2)c1. The van der Waals surface area contributed by atoms with E-state index in [1.54, 1.807) is 32.2 Å². The number of Topliss-reactive ketones (excluding diaryl/α,β-unsaturated/α-hetero) is 1. The molecule has 0 saturated carbocycles. The summed E-state index contributed by atoms with van der Waals surface area (Å²) in [6.07, 6.45) is 0. The lowest BCUT2D eigenvalue weighted by atomic mass is 9.98. The maximum Gasteiger partial charge on any atom is 0.313 e. The molecule has 6 nitrogen and oxygen atoms in total. The normalized spacial score (nSPS) is 11.6. The van der Waals surface area contributed by atoms with Crippen LogP contribution in [0.3, 0.4) is 0 Å². The van der Waals surface area contributed by atoms with Crippen LogP contribution in [0.25, 0.3) is 10.8 Å². The number of methoxy groups -OCH3 is 3. The smallest absolute Gasteiger partial charge is 0.313 e. The summed E-state index contributed by atoms with van der Waals surface area (Å²) in [7, 11) is 4.61. The van der Waals surface area contributed by atoms with E-state index in [-0.39, 0.29) is 12.4 Å². The molecule has 1 atom stereocenters. The van der Waals surface area contributed by atoms with E-state index in [9.17, 15) is 9.59 Å². The molecule has 0 heterocycles. The first-order valence-electron chi connectivity index (χ1n) is 9.46. The van der Waals surface area contributed by atoms with Crippen molar-refractivity contribution in [3.8, 4) is 17.2 Å². The predicted molar refractivity (Wildman–Crippen MR) is 114 cm³/mol. The van der Waals surface area contributed by atoms with E-state index in [1.165, 1.54) is 14.2 Å². The molecule has 0 amide bonds. The van der Waals surface area contributed by atoms with Gasteiger partial charge in [0.05, 0.1) is 32.8 Å². The van der Waals surface area contributed by atoms with Crippen molar-refractivity contribution >= 4 is 22.5 Å². The summed E-state index contributed by atoms with van der Waals surface area (Å²) in [5.74, 6) is 0.335. The molecule has 0 aliphatic rings. The minimum atomic E-state index is -0.517. The Bertz CT molecular complexity index is 1070. The van der Waals surface area contributed by atoms with Crippen LogP contribution >= 0.6 is 0 Å². The number of ketones is 1. The van der Waals surface area contributed by atoms with E-state index in [1.807, 2.05) is 36.4 Å². The molecule has 0 fully saturated rings. The van der Waals surface area contributed by atoms with E-state index >= 15 is 0 Å². The lowest BCUT2D eigenvalue weighted by Crippen LogP contribution is -2.19. The van der Waals surface area contributed by atoms with Gasteiger partial charge < -0.3 is 18.9 Å². The Morgan fingerprint density at radius 2 is 1.43 bits per heavy atom. The molecular formula is C24H24O6. The number of ether oxygens (including phenoxy) is 4. The Balaban J connectivity index is 1.70. The van der Waals surface area contributed by atoms with Crippen molar-refractivity contribution in [1.29, 1.82) is 0 Å². The van der Waals surface area contributed by atoms with Crippen molar-refractivity contribution in [2.75, 3.05) is 27.9 Å². The van der Waals surface area contributed by atoms with Gasteiger partial charge in [0.25, 0.3) is 0 Å². The summed E-state index contributed by atoms with van der Waals surface area (Å²) in [4.78, 5) is 25.1. The highest BCUT2D eigenvalue weighted by molar-refractivity contribution is 6.01. The Labute approximate surface area is 175 Å². The minimum Gasteiger partial charge on any atom is -0.497 e. The third-order valence-electron chi connectivity index (χ3n) is 4.98. The number of hydrogen-bond acceptors (Lipinski definition) is 6. The highest BCUT2D eigenvalue weighted by atomic mass is 16.5. The number of esters is 1. The first kappa shape index (κ1) is 21.2. The zero-order chi connectivity index (χ0) is 21.7. The highest BCUT2D eigenvalue weighted by Gasteiger charge is 2.20. The number of benzene rings is 3. The molecule has 0 N–H and O–H groups in total. The second-order valence-corrected chi connectivity index (χ2v) is 6.79. The Kier molecular flexibility index (Phi) is 6.57. The molecule has 156 valence electrons. The fourth-order valence-corrected chi connectivity index (χ4v) is 3.15. The molecular weight excluding hydrogens is 384 g/mol. The molecule has 30 heavy (non-hydrogen) atoms. The summed E-state index contributed by atoms with van der Waals surface area (Å²) in [5, 5.41) is 2.00. The molecule has 0 spiro atoms. The maximum atomic E-state index is 12.6. The van der Waals surface area contributed by atoms with Crippen LogP contribution in [0, 0.1) is 0 Å². The van der Waals surface area contributed by atoms with Gasteiger partial charge in [-0.15, -0.1) is 0 Å². The maximum absolute atomic E-state index is 12.6. The fourth-order valence-electron chi connectivity index (χ4n) is 3.15. The second-order valence-electron chi connectivity index (χ2n) is 6.79. The second kappa shape index (κ2) is 9.31. The van der Waals surface area contributed by atoms with Crippen molar-refractivity contribution in [2.24, 2.45) is 0 Å². The van der Waals surface area contributed by atoms with Gasteiger partial charge in [0, 0.05) is 0 Å². The van der Waals surface area contributed by atoms with Gasteiger partial charge in [-0.3, -0.25) is 9.59 Å². The first-order chi connectivity index (χ1) is 14.5. The third kappa shape index (κ3) is 4.54. The quantitative estimate of drug-likeness (QED) is 0.407. The van der Waals surface area contributed by atoms with Gasteiger partial charge in [0.15, 0.2) is 6.61 Å². The average Bonchev–Trinajstić information content (AvgIpc) is 2.80. The Morgan fingerprint density at radius 3 is 2.13 bits per heavy atom. The molecule has 0 aromatic heterocycles. The van der Waals surface area contributed by atoms with Crippen LogP contribution in [0.1, 0.15) is 28.8 Å². The summed E-state index contributed by atoms with van der Waals surface area (Å²) < 4.78 is 20.9. The summed E-state index contributed by atoms with van der Waals surface area (Å²) >= 11 is 0. The van der Waals surface area contributed by atoms with E-state index in [0.29, 0.717) is 17.1 Å². The number of carbonyl (C=O) groups excluding carboxylic acids is 2. The van der Waals surface area contributed by atoms with Gasteiger partial charge in [-0.2, -0.15) is 0 Å². The minimum absolute atomic E-state index is 0.303. The first-order valence-corrected chi connectivity index (χ1v) is 9.46. The van der Waals surface area contributed by atoms with Crippen LogP contribution in [0.15, 0.2) is 54.6 Å². The molecule has 0 aliphatic carbocycles. The summed E-state index contributed by atoms with van der Waals surface area (Å²) in [6, 6.07) is 16.4. The molecule has 0 aliphatic heterocycles. The monoisotopic (exact) mass is 408 g/mol. The van der Waals surface area contributed by atoms with Gasteiger partial charge >= 0.3 is 5.97 Å². The molecule has 0 radical (unpaired) electrons. The van der Waals surface area contributed by atoms with Gasteiger partial charge in [-0.05, 0) is 53.6 Å². The predicted octanol–water partition coefficient (Wildman–Crippen LogP) is 4.40. The largest absolute Gasteiger partial charge is 0.497 e. The van der Waals surface area contributed by atoms with Gasteiger partial charge in [0.1, 0.15) is 17.2 Å². The molecule has 3 rings (SSSR count). The zero-order valence-corrected chi connectivity index (χ0v) is 17.4. The molecule has 3 aromatic rings. The van der Waals surface area contributed by atoms with E-state index in [0.717, 1.165) is 22.1 Å². The van der Waals surface area contributed by atoms with Gasteiger partial charge in [-0.25, -0.2) is 0 Å². The van der Waals surface area contributed by atoms with Crippen molar-refractivity contribution in [3.63, 3.8) is 0 Å². The van der Waals surface area contributed by atoms with Crippen LogP contribution in [-0.2, 0) is 9.53 Å². The Morgan fingerprint density at radius 1 is 0.800 bits per heavy atom. The lowest BCUT2D eigenvalue weighted by Gasteiger charge is -2.14.